The van der Waals surface area contributed by atoms with E-state index >= 15 is 0 Å². The number of benzene rings is 1. The van der Waals surface area contributed by atoms with Crippen LogP contribution in [0.3, 0.4) is 0 Å². The lowest BCUT2D eigenvalue weighted by molar-refractivity contribution is -0.159. The maximum Gasteiger partial charge on any atom is 0.331 e. The Morgan fingerprint density at radius 1 is 1.43 bits per heavy atom. The van der Waals surface area contributed by atoms with Gasteiger partial charge in [-0.2, -0.15) is 0 Å². The minimum absolute atomic E-state index is 0.197. The van der Waals surface area contributed by atoms with E-state index in [1.807, 2.05) is 6.92 Å². The van der Waals surface area contributed by atoms with Gasteiger partial charge in [0.2, 0.25) is 0 Å². The number of carbonyl (C=O) groups is 1. The van der Waals surface area contributed by atoms with Crippen molar-refractivity contribution in [3.05, 3.63) is 35.1 Å². The number of nitrogens with zero attached hydrogens (tertiary/aromatic N) is 1. The predicted molar refractivity (Wildman–Crippen MR) is 77.5 cm³/mol. The summed E-state index contributed by atoms with van der Waals surface area (Å²) < 4.78 is 18.8. The zero-order valence-electron chi connectivity index (χ0n) is 12.3. The highest BCUT2D eigenvalue weighted by molar-refractivity contribution is 5.84. The maximum absolute atomic E-state index is 13.5. The van der Waals surface area contributed by atoms with Crippen LogP contribution in [0.2, 0.25) is 0 Å². The van der Waals surface area contributed by atoms with Gasteiger partial charge in [0, 0.05) is 26.2 Å². The molecule has 1 saturated heterocycles. The van der Waals surface area contributed by atoms with Crippen LogP contribution in [0.5, 0.6) is 0 Å². The van der Waals surface area contributed by atoms with E-state index in [9.17, 15) is 9.18 Å². The molecule has 0 saturated carbocycles. The van der Waals surface area contributed by atoms with E-state index in [0.29, 0.717) is 13.0 Å². The van der Waals surface area contributed by atoms with Gasteiger partial charge in [-0.1, -0.05) is 6.07 Å². The van der Waals surface area contributed by atoms with Crippen molar-refractivity contribution in [2.45, 2.75) is 25.3 Å². The number of hydrogen-bond donors (Lipinski definition) is 1. The number of esters is 1. The molecule has 1 heterocycles. The van der Waals surface area contributed by atoms with Gasteiger partial charge in [-0.15, -0.1) is 0 Å². The van der Waals surface area contributed by atoms with E-state index < -0.39 is 5.54 Å². The Kier molecular flexibility index (Phi) is 3.95. The van der Waals surface area contributed by atoms with Gasteiger partial charge in [0.15, 0.2) is 0 Å². The number of rotatable bonds is 3. The van der Waals surface area contributed by atoms with Crippen LogP contribution < -0.4 is 5.32 Å². The molecule has 5 heteroatoms. The second kappa shape index (κ2) is 5.73. The first-order valence-electron chi connectivity index (χ1n) is 7.60. The molecule has 1 atom stereocenters. The first kappa shape index (κ1) is 14.5. The molecule has 1 aliphatic carbocycles. The second-order valence-corrected chi connectivity index (χ2v) is 5.62. The minimum Gasteiger partial charge on any atom is -0.464 e. The normalized spacial score (nSPS) is 25.6. The third kappa shape index (κ3) is 2.34. The third-order valence-corrected chi connectivity index (χ3v) is 4.54. The Bertz CT molecular complexity index is 543. The van der Waals surface area contributed by atoms with Crippen LogP contribution in [0.4, 0.5) is 4.39 Å². The monoisotopic (exact) mass is 292 g/mol. The van der Waals surface area contributed by atoms with Gasteiger partial charge in [0.05, 0.1) is 6.61 Å². The largest absolute Gasteiger partial charge is 0.464 e. The number of hydrogen-bond acceptors (Lipinski definition) is 4. The summed E-state index contributed by atoms with van der Waals surface area (Å²) in [7, 11) is 0. The topological polar surface area (TPSA) is 41.6 Å². The van der Waals surface area contributed by atoms with Crippen molar-refractivity contribution >= 4 is 5.97 Å². The van der Waals surface area contributed by atoms with Gasteiger partial charge >= 0.3 is 5.97 Å². The van der Waals surface area contributed by atoms with Crippen molar-refractivity contribution in [1.82, 2.24) is 10.2 Å². The molecule has 114 valence electrons. The van der Waals surface area contributed by atoms with Gasteiger partial charge in [-0.25, -0.2) is 9.18 Å². The number of halogens is 1. The summed E-state index contributed by atoms with van der Waals surface area (Å²) in [6, 6.07) is 4.76. The summed E-state index contributed by atoms with van der Waals surface area (Å²) in [4.78, 5) is 14.9. The molecule has 0 bridgehead atoms. The molecule has 1 N–H and O–H groups in total. The smallest absolute Gasteiger partial charge is 0.331 e. The Morgan fingerprint density at radius 2 is 2.19 bits per heavy atom. The van der Waals surface area contributed by atoms with Crippen molar-refractivity contribution < 1.29 is 13.9 Å². The lowest BCUT2D eigenvalue weighted by atomic mass is 9.89. The van der Waals surface area contributed by atoms with E-state index in [0.717, 1.165) is 43.7 Å². The van der Waals surface area contributed by atoms with Crippen molar-refractivity contribution in [1.29, 1.82) is 0 Å². The Morgan fingerprint density at radius 3 is 2.90 bits per heavy atom. The van der Waals surface area contributed by atoms with E-state index in [1.54, 1.807) is 12.1 Å². The maximum atomic E-state index is 13.5. The van der Waals surface area contributed by atoms with Crippen LogP contribution in [0.15, 0.2) is 18.2 Å². The molecule has 4 nitrogen and oxygen atoms in total. The van der Waals surface area contributed by atoms with Crippen LogP contribution in [-0.2, 0) is 21.5 Å². The fourth-order valence-electron chi connectivity index (χ4n) is 3.59. The number of ether oxygens (including phenoxy) is 1. The van der Waals surface area contributed by atoms with E-state index in [1.165, 1.54) is 6.07 Å². The van der Waals surface area contributed by atoms with Gasteiger partial charge in [0.25, 0.3) is 0 Å². The first-order valence-corrected chi connectivity index (χ1v) is 7.60. The molecule has 1 aromatic rings. The van der Waals surface area contributed by atoms with Crippen LogP contribution >= 0.6 is 0 Å². The Labute approximate surface area is 124 Å². The molecular weight excluding hydrogens is 271 g/mol. The number of carbonyl (C=O) groups excluding carboxylic acids is 1. The van der Waals surface area contributed by atoms with Crippen molar-refractivity contribution in [3.63, 3.8) is 0 Å². The molecular formula is C16H21FN2O2. The molecule has 0 aromatic heterocycles. The zero-order valence-corrected chi connectivity index (χ0v) is 12.3. The molecule has 2 aliphatic rings. The Balaban J connectivity index is 2.04. The van der Waals surface area contributed by atoms with E-state index in [2.05, 4.69) is 10.2 Å². The Hall–Kier alpha value is -1.46. The minimum atomic E-state index is -0.735. The summed E-state index contributed by atoms with van der Waals surface area (Å²) in [6.07, 6.45) is 1.39. The summed E-state index contributed by atoms with van der Waals surface area (Å²) in [5.41, 5.74) is 1.12. The molecule has 1 unspecified atom stereocenters. The zero-order chi connectivity index (χ0) is 14.9. The summed E-state index contributed by atoms with van der Waals surface area (Å²) in [5, 5.41) is 3.31. The standard InChI is InChI=1S/C16H21FN2O2/c1-2-21-15(20)16(19-9-7-18-8-10-19)6-5-12-11-13(17)3-4-14(12)16/h3-4,11,18H,2,5-10H2,1H3. The predicted octanol–water partition coefficient (Wildman–Crippen LogP) is 1.44. The van der Waals surface area contributed by atoms with Gasteiger partial charge in [0.1, 0.15) is 11.4 Å². The van der Waals surface area contributed by atoms with Gasteiger partial charge in [-0.3, -0.25) is 4.90 Å². The lowest BCUT2D eigenvalue weighted by Crippen LogP contribution is -2.57. The van der Waals surface area contributed by atoms with Gasteiger partial charge in [-0.05, 0) is 43.0 Å². The molecule has 0 radical (unpaired) electrons. The number of aryl methyl sites for hydroxylation is 1. The first-order chi connectivity index (χ1) is 10.2. The van der Waals surface area contributed by atoms with Crippen LogP contribution in [0.1, 0.15) is 24.5 Å². The van der Waals surface area contributed by atoms with Crippen LogP contribution in [-0.4, -0.2) is 43.7 Å². The highest BCUT2D eigenvalue weighted by atomic mass is 19.1. The fraction of sp³-hybridized carbons (Fsp3) is 0.562. The SMILES string of the molecule is CCOC(=O)C1(N2CCNCC2)CCc2cc(F)ccc21. The second-order valence-electron chi connectivity index (χ2n) is 5.62. The van der Waals surface area contributed by atoms with Crippen molar-refractivity contribution in [2.75, 3.05) is 32.8 Å². The lowest BCUT2D eigenvalue weighted by Gasteiger charge is -2.42. The highest BCUT2D eigenvalue weighted by Gasteiger charge is 2.51. The molecule has 1 aliphatic heterocycles. The molecule has 3 rings (SSSR count). The van der Waals surface area contributed by atoms with Gasteiger partial charge < -0.3 is 10.1 Å². The fourth-order valence-corrected chi connectivity index (χ4v) is 3.59. The molecule has 1 fully saturated rings. The van der Waals surface area contributed by atoms with Crippen molar-refractivity contribution in [3.8, 4) is 0 Å². The number of fused-ring (bicyclic) bond motifs is 1. The quantitative estimate of drug-likeness (QED) is 0.856. The summed E-state index contributed by atoms with van der Waals surface area (Å²) in [6.45, 7) is 5.51. The number of nitrogens with one attached hydrogen (secondary N) is 1. The van der Waals surface area contributed by atoms with Crippen LogP contribution in [0, 0.1) is 5.82 Å². The average Bonchev–Trinajstić information content (AvgIpc) is 2.88. The average molecular weight is 292 g/mol. The van der Waals surface area contributed by atoms with Crippen molar-refractivity contribution in [2.24, 2.45) is 0 Å². The summed E-state index contributed by atoms with van der Waals surface area (Å²) in [5.74, 6) is -0.439. The molecule has 1 aromatic carbocycles. The molecule has 0 amide bonds. The van der Waals surface area contributed by atoms with E-state index in [-0.39, 0.29) is 11.8 Å². The number of piperazine rings is 1. The molecule has 21 heavy (non-hydrogen) atoms. The highest BCUT2D eigenvalue weighted by Crippen LogP contribution is 2.43. The third-order valence-electron chi connectivity index (χ3n) is 4.54. The summed E-state index contributed by atoms with van der Waals surface area (Å²) >= 11 is 0. The van der Waals surface area contributed by atoms with E-state index in [4.69, 9.17) is 4.74 Å². The van der Waals surface area contributed by atoms with Crippen LogP contribution in [0.25, 0.3) is 0 Å². The molecule has 0 spiro atoms.